The lowest BCUT2D eigenvalue weighted by Gasteiger charge is -2.27. The van der Waals surface area contributed by atoms with Gasteiger partial charge in [-0.15, -0.1) is 0 Å². The quantitative estimate of drug-likeness (QED) is 0.321. The Morgan fingerprint density at radius 2 is 1.61 bits per heavy atom. The fourth-order valence-electron chi connectivity index (χ4n) is 5.21. The van der Waals surface area contributed by atoms with Crippen molar-refractivity contribution in [1.82, 2.24) is 0 Å². The first-order valence-electron chi connectivity index (χ1n) is 13.0. The number of nitriles is 1. The molecule has 0 unspecified atom stereocenters. The highest BCUT2D eigenvalue weighted by atomic mass is 19.1. The zero-order valence-electron chi connectivity index (χ0n) is 20.8. The Morgan fingerprint density at radius 1 is 0.939 bits per heavy atom. The van der Waals surface area contributed by atoms with Gasteiger partial charge in [-0.25, -0.2) is 4.39 Å². The maximum Gasteiger partial charge on any atom is 0.168 e. The van der Waals surface area contributed by atoms with Crippen molar-refractivity contribution in [2.75, 3.05) is 7.11 Å². The van der Waals surface area contributed by atoms with Gasteiger partial charge in [0.25, 0.3) is 0 Å². The van der Waals surface area contributed by atoms with Crippen LogP contribution in [-0.2, 0) is 6.42 Å². The van der Waals surface area contributed by atoms with Crippen LogP contribution in [0.15, 0.2) is 30.3 Å². The van der Waals surface area contributed by atoms with E-state index in [2.05, 4.69) is 26.0 Å². The van der Waals surface area contributed by atoms with E-state index in [9.17, 15) is 5.26 Å². The van der Waals surface area contributed by atoms with Gasteiger partial charge < -0.3 is 4.74 Å². The summed E-state index contributed by atoms with van der Waals surface area (Å²) in [7, 11) is 1.52. The Bertz CT molecular complexity index is 937. The van der Waals surface area contributed by atoms with Crippen molar-refractivity contribution < 1.29 is 9.13 Å². The van der Waals surface area contributed by atoms with Crippen molar-refractivity contribution in [3.63, 3.8) is 0 Å². The summed E-state index contributed by atoms with van der Waals surface area (Å²) in [5, 5.41) is 9.87. The third-order valence-corrected chi connectivity index (χ3v) is 7.37. The lowest BCUT2D eigenvalue weighted by atomic mass is 9.78. The van der Waals surface area contributed by atoms with E-state index in [1.54, 1.807) is 0 Å². The molecular weight excluding hydrogens is 409 g/mol. The van der Waals surface area contributed by atoms with Crippen molar-refractivity contribution in [3.05, 3.63) is 52.8 Å². The third kappa shape index (κ3) is 6.59. The molecule has 178 valence electrons. The van der Waals surface area contributed by atoms with E-state index in [0.717, 1.165) is 30.7 Å². The second-order valence-corrected chi connectivity index (χ2v) is 9.86. The van der Waals surface area contributed by atoms with Gasteiger partial charge in [-0.2, -0.15) is 5.26 Å². The summed E-state index contributed by atoms with van der Waals surface area (Å²) in [6.45, 7) is 4.54. The van der Waals surface area contributed by atoms with E-state index in [-0.39, 0.29) is 11.6 Å². The van der Waals surface area contributed by atoms with Crippen LogP contribution < -0.4 is 4.74 Å². The molecule has 33 heavy (non-hydrogen) atoms. The summed E-state index contributed by atoms with van der Waals surface area (Å²) in [5.41, 5.74) is 3.96. The summed E-state index contributed by atoms with van der Waals surface area (Å²) < 4.78 is 20.8. The predicted octanol–water partition coefficient (Wildman–Crippen LogP) is 8.96. The summed E-state index contributed by atoms with van der Waals surface area (Å²) >= 11 is 0. The number of rotatable bonds is 11. The van der Waals surface area contributed by atoms with Gasteiger partial charge in [0.05, 0.1) is 18.7 Å². The molecule has 0 aromatic heterocycles. The molecule has 3 heteroatoms. The van der Waals surface area contributed by atoms with Gasteiger partial charge in [0, 0.05) is 11.1 Å². The van der Waals surface area contributed by atoms with Crippen LogP contribution in [0.5, 0.6) is 5.75 Å². The van der Waals surface area contributed by atoms with E-state index in [4.69, 9.17) is 4.74 Å². The number of benzene rings is 2. The molecule has 0 amide bonds. The van der Waals surface area contributed by atoms with Crippen LogP contribution in [0, 0.1) is 23.1 Å². The smallest absolute Gasteiger partial charge is 0.168 e. The SMILES string of the molecule is CCCCCCCCCc1ccc(-c2ccc(C3CCC(C)CC3)cc2C#N)c(OC)c1F. The van der Waals surface area contributed by atoms with Gasteiger partial charge in [-0.3, -0.25) is 0 Å². The van der Waals surface area contributed by atoms with Crippen LogP contribution in [-0.4, -0.2) is 7.11 Å². The number of unbranched alkanes of at least 4 members (excludes halogenated alkanes) is 6. The first-order chi connectivity index (χ1) is 16.1. The minimum Gasteiger partial charge on any atom is -0.493 e. The zero-order valence-corrected chi connectivity index (χ0v) is 20.8. The summed E-state index contributed by atoms with van der Waals surface area (Å²) in [6, 6.07) is 12.3. The summed E-state index contributed by atoms with van der Waals surface area (Å²) in [4.78, 5) is 0. The first-order valence-corrected chi connectivity index (χ1v) is 13.0. The summed E-state index contributed by atoms with van der Waals surface area (Å²) in [6.07, 6.45) is 14.0. The number of ether oxygens (including phenoxy) is 1. The topological polar surface area (TPSA) is 33.0 Å². The van der Waals surface area contributed by atoms with Gasteiger partial charge in [-0.05, 0) is 54.7 Å². The fraction of sp³-hybridized carbons (Fsp3) is 0.567. The molecule has 1 aliphatic rings. The molecule has 1 aliphatic carbocycles. The number of hydrogen-bond acceptors (Lipinski definition) is 2. The number of nitrogens with zero attached hydrogens (tertiary/aromatic N) is 1. The number of methoxy groups -OCH3 is 1. The highest BCUT2D eigenvalue weighted by Crippen LogP contribution is 2.40. The molecule has 0 saturated heterocycles. The first kappa shape index (κ1) is 25.3. The molecule has 2 aromatic rings. The van der Waals surface area contributed by atoms with Gasteiger partial charge in [0.2, 0.25) is 0 Å². The van der Waals surface area contributed by atoms with Gasteiger partial charge in [0.1, 0.15) is 0 Å². The highest BCUT2D eigenvalue weighted by molar-refractivity contribution is 5.77. The second-order valence-electron chi connectivity index (χ2n) is 9.86. The molecule has 0 N–H and O–H groups in total. The van der Waals surface area contributed by atoms with Gasteiger partial charge in [0.15, 0.2) is 11.6 Å². The Kier molecular flexibility index (Phi) is 9.79. The van der Waals surface area contributed by atoms with Crippen LogP contribution in [0.3, 0.4) is 0 Å². The maximum atomic E-state index is 15.3. The minimum atomic E-state index is -0.282. The lowest BCUT2D eigenvalue weighted by molar-refractivity contribution is 0.348. The van der Waals surface area contributed by atoms with Crippen LogP contribution in [0.1, 0.15) is 107 Å². The average molecular weight is 450 g/mol. The molecule has 0 spiro atoms. The number of hydrogen-bond donors (Lipinski definition) is 0. The van der Waals surface area contributed by atoms with Crippen molar-refractivity contribution in [2.45, 2.75) is 96.8 Å². The van der Waals surface area contributed by atoms with Crippen molar-refractivity contribution >= 4 is 0 Å². The van der Waals surface area contributed by atoms with E-state index >= 15 is 4.39 Å². The Morgan fingerprint density at radius 3 is 2.27 bits per heavy atom. The molecule has 0 aliphatic heterocycles. The van der Waals surface area contributed by atoms with Crippen molar-refractivity contribution in [2.24, 2.45) is 5.92 Å². The van der Waals surface area contributed by atoms with Crippen LogP contribution in [0.4, 0.5) is 4.39 Å². The van der Waals surface area contributed by atoms with E-state index in [1.807, 2.05) is 24.3 Å². The van der Waals surface area contributed by atoms with E-state index in [0.29, 0.717) is 22.6 Å². The molecule has 1 saturated carbocycles. The molecule has 1 fully saturated rings. The Balaban J connectivity index is 1.74. The van der Waals surface area contributed by atoms with Gasteiger partial charge >= 0.3 is 0 Å². The standard InChI is InChI=1S/C30H40FNO/c1-4-5-6-7-8-9-10-11-24-16-19-28(30(33-3)29(24)31)27-18-17-25(20-26(27)21-32)23-14-12-22(2)13-15-23/h16-20,22-23H,4-15H2,1-3H3. The molecule has 2 aromatic carbocycles. The molecule has 0 atom stereocenters. The van der Waals surface area contributed by atoms with E-state index in [1.165, 1.54) is 70.5 Å². The molecule has 2 nitrogen and oxygen atoms in total. The average Bonchev–Trinajstić information content (AvgIpc) is 2.84. The number of aryl methyl sites for hydroxylation is 1. The zero-order chi connectivity index (χ0) is 23.6. The highest BCUT2D eigenvalue weighted by Gasteiger charge is 2.22. The summed E-state index contributed by atoms with van der Waals surface area (Å²) in [5.74, 6) is 1.29. The molecule has 3 rings (SSSR count). The van der Waals surface area contributed by atoms with Crippen LogP contribution in [0.25, 0.3) is 11.1 Å². The molecule has 0 heterocycles. The Hall–Kier alpha value is -2.34. The van der Waals surface area contributed by atoms with E-state index < -0.39 is 0 Å². The molecule has 0 bridgehead atoms. The minimum absolute atomic E-state index is 0.256. The van der Waals surface area contributed by atoms with Crippen molar-refractivity contribution in [1.29, 1.82) is 5.26 Å². The maximum absolute atomic E-state index is 15.3. The fourth-order valence-corrected chi connectivity index (χ4v) is 5.21. The normalized spacial score (nSPS) is 18.2. The largest absolute Gasteiger partial charge is 0.493 e. The predicted molar refractivity (Wildman–Crippen MR) is 135 cm³/mol. The Labute approximate surface area is 200 Å². The van der Waals surface area contributed by atoms with Crippen LogP contribution >= 0.6 is 0 Å². The van der Waals surface area contributed by atoms with Crippen LogP contribution in [0.2, 0.25) is 0 Å². The van der Waals surface area contributed by atoms with Crippen molar-refractivity contribution in [3.8, 4) is 22.9 Å². The monoisotopic (exact) mass is 449 g/mol. The molecular formula is C30H40FNO. The molecule has 0 radical (unpaired) electrons. The lowest BCUT2D eigenvalue weighted by Crippen LogP contribution is -2.11. The van der Waals surface area contributed by atoms with Gasteiger partial charge in [-0.1, -0.05) is 89.5 Å². The third-order valence-electron chi connectivity index (χ3n) is 7.37. The second kappa shape index (κ2) is 12.8. The number of halogens is 1.